The number of methoxy groups -OCH3 is 1. The third-order valence-electron chi connectivity index (χ3n) is 6.86. The second-order valence-corrected chi connectivity index (χ2v) is 10.3. The molecule has 0 spiro atoms. The summed E-state index contributed by atoms with van der Waals surface area (Å²) in [7, 11) is 1.44. The molecule has 0 aromatic heterocycles. The van der Waals surface area contributed by atoms with Gasteiger partial charge in [0.2, 0.25) is 18.6 Å². The highest BCUT2D eigenvalue weighted by atomic mass is 16.7. The van der Waals surface area contributed by atoms with Gasteiger partial charge < -0.3 is 39.0 Å². The van der Waals surface area contributed by atoms with Gasteiger partial charge in [0.15, 0.2) is 11.5 Å². The zero-order valence-electron chi connectivity index (χ0n) is 22.9. The number of hydrogen-bond acceptors (Lipinski definition) is 8. The summed E-state index contributed by atoms with van der Waals surface area (Å²) >= 11 is 0. The molecule has 0 bridgehead atoms. The number of aliphatic hydroxyl groups is 2. The fourth-order valence-corrected chi connectivity index (χ4v) is 4.76. The van der Waals surface area contributed by atoms with Gasteiger partial charge in [-0.2, -0.15) is 0 Å². The van der Waals surface area contributed by atoms with Gasteiger partial charge in [-0.1, -0.05) is 19.9 Å². The van der Waals surface area contributed by atoms with E-state index < -0.39 is 18.3 Å². The van der Waals surface area contributed by atoms with E-state index >= 15 is 0 Å². The first-order valence-electron chi connectivity index (χ1n) is 13.3. The maximum Gasteiger partial charge on any atom is 0.246 e. The van der Waals surface area contributed by atoms with Crippen LogP contribution in [0.15, 0.2) is 24.3 Å². The van der Waals surface area contributed by atoms with Crippen LogP contribution in [-0.4, -0.2) is 103 Å². The van der Waals surface area contributed by atoms with E-state index in [1.807, 2.05) is 23.1 Å². The highest BCUT2D eigenvalue weighted by molar-refractivity contribution is 5.92. The Morgan fingerprint density at radius 3 is 2.63 bits per heavy atom. The van der Waals surface area contributed by atoms with Crippen LogP contribution in [0, 0.1) is 5.92 Å². The molecule has 38 heavy (non-hydrogen) atoms. The molecule has 1 aromatic carbocycles. The predicted molar refractivity (Wildman–Crippen MR) is 142 cm³/mol. The fourth-order valence-electron chi connectivity index (χ4n) is 4.76. The van der Waals surface area contributed by atoms with Crippen molar-refractivity contribution in [3.05, 3.63) is 29.8 Å². The number of rotatable bonds is 5. The first-order chi connectivity index (χ1) is 18.2. The summed E-state index contributed by atoms with van der Waals surface area (Å²) in [6.45, 7) is 7.02. The lowest BCUT2D eigenvalue weighted by Crippen LogP contribution is -2.53. The third kappa shape index (κ3) is 8.42. The SMILES string of the molecule is CO[C@@H]1CN(C(C)=O)C[C@H](CC(C)C)N(C(=O)C=Cc2ccc3c(c2)OCO3)CCCCOC[C@@H](O)[C@H]1O. The first-order valence-corrected chi connectivity index (χ1v) is 13.3. The molecule has 1 fully saturated rings. The van der Waals surface area contributed by atoms with Gasteiger partial charge in [-0.25, -0.2) is 0 Å². The van der Waals surface area contributed by atoms with Crippen molar-refractivity contribution in [2.75, 3.05) is 46.8 Å². The maximum absolute atomic E-state index is 13.6. The van der Waals surface area contributed by atoms with Gasteiger partial charge in [0.05, 0.1) is 6.61 Å². The number of fused-ring (bicyclic) bond motifs is 1. The van der Waals surface area contributed by atoms with Crippen molar-refractivity contribution >= 4 is 17.9 Å². The summed E-state index contributed by atoms with van der Waals surface area (Å²) in [4.78, 5) is 29.7. The minimum absolute atomic E-state index is 0.0437. The van der Waals surface area contributed by atoms with E-state index in [4.69, 9.17) is 18.9 Å². The van der Waals surface area contributed by atoms with Crippen molar-refractivity contribution in [2.45, 2.75) is 64.4 Å². The molecule has 2 heterocycles. The van der Waals surface area contributed by atoms with Gasteiger partial charge in [0, 0.05) is 52.4 Å². The van der Waals surface area contributed by atoms with Gasteiger partial charge in [-0.05, 0) is 49.0 Å². The lowest BCUT2D eigenvalue weighted by atomic mass is 10.00. The van der Waals surface area contributed by atoms with Gasteiger partial charge in [-0.3, -0.25) is 9.59 Å². The van der Waals surface area contributed by atoms with E-state index in [-0.39, 0.29) is 50.3 Å². The Labute approximate surface area is 225 Å². The smallest absolute Gasteiger partial charge is 0.246 e. The van der Waals surface area contributed by atoms with E-state index in [1.54, 1.807) is 17.1 Å². The molecule has 2 N–H and O–H groups in total. The molecule has 10 nitrogen and oxygen atoms in total. The van der Waals surface area contributed by atoms with Crippen molar-refractivity contribution < 1.29 is 38.7 Å². The number of carbonyl (C=O) groups is 2. The number of ether oxygens (including phenoxy) is 4. The van der Waals surface area contributed by atoms with Crippen molar-refractivity contribution in [1.82, 2.24) is 9.80 Å². The Hall–Kier alpha value is -2.66. The Morgan fingerprint density at radius 2 is 1.92 bits per heavy atom. The topological polar surface area (TPSA) is 118 Å². The van der Waals surface area contributed by atoms with Crippen molar-refractivity contribution in [1.29, 1.82) is 0 Å². The Morgan fingerprint density at radius 1 is 1.16 bits per heavy atom. The molecule has 3 rings (SSSR count). The van der Waals surface area contributed by atoms with Crippen LogP contribution in [-0.2, 0) is 19.1 Å². The van der Waals surface area contributed by atoms with Crippen molar-refractivity contribution in [2.24, 2.45) is 5.92 Å². The van der Waals surface area contributed by atoms with Crippen LogP contribution in [0.3, 0.4) is 0 Å². The summed E-state index contributed by atoms with van der Waals surface area (Å²) in [5, 5.41) is 21.0. The monoisotopic (exact) mass is 534 g/mol. The molecule has 1 aromatic rings. The summed E-state index contributed by atoms with van der Waals surface area (Å²) < 4.78 is 21.8. The quantitative estimate of drug-likeness (QED) is 0.552. The van der Waals surface area contributed by atoms with Gasteiger partial charge in [0.25, 0.3) is 0 Å². The average Bonchev–Trinajstić information content (AvgIpc) is 3.35. The number of benzene rings is 1. The molecule has 2 amide bonds. The van der Waals surface area contributed by atoms with E-state index in [2.05, 4.69) is 13.8 Å². The minimum atomic E-state index is -1.23. The molecule has 1 saturated heterocycles. The zero-order valence-corrected chi connectivity index (χ0v) is 22.9. The maximum atomic E-state index is 13.6. The van der Waals surface area contributed by atoms with Crippen LogP contribution < -0.4 is 9.47 Å². The summed E-state index contributed by atoms with van der Waals surface area (Å²) in [6.07, 6.45) is 2.20. The summed E-state index contributed by atoms with van der Waals surface area (Å²) in [5.74, 6) is 1.25. The largest absolute Gasteiger partial charge is 0.454 e. The first kappa shape index (κ1) is 29.9. The predicted octanol–water partition coefficient (Wildman–Crippen LogP) is 2.07. The molecule has 0 unspecified atom stereocenters. The fraction of sp³-hybridized carbons (Fsp3) is 0.643. The van der Waals surface area contributed by atoms with Crippen LogP contribution in [0.4, 0.5) is 0 Å². The molecule has 2 aliphatic heterocycles. The highest BCUT2D eigenvalue weighted by Crippen LogP contribution is 2.32. The number of nitrogens with zero attached hydrogens (tertiary/aromatic N) is 2. The molecule has 2 aliphatic rings. The van der Waals surface area contributed by atoms with E-state index in [0.717, 1.165) is 5.56 Å². The molecular weight excluding hydrogens is 492 g/mol. The van der Waals surface area contributed by atoms with E-state index in [0.29, 0.717) is 43.9 Å². The number of aliphatic hydroxyl groups excluding tert-OH is 2. The molecule has 0 saturated carbocycles. The zero-order chi connectivity index (χ0) is 27.7. The van der Waals surface area contributed by atoms with E-state index in [1.165, 1.54) is 14.0 Å². The Kier molecular flexibility index (Phi) is 11.4. The van der Waals surface area contributed by atoms with Gasteiger partial charge in [0.1, 0.15) is 18.3 Å². The van der Waals surface area contributed by atoms with Crippen LogP contribution in [0.5, 0.6) is 11.5 Å². The highest BCUT2D eigenvalue weighted by Gasteiger charge is 2.32. The number of hydrogen-bond donors (Lipinski definition) is 2. The van der Waals surface area contributed by atoms with Gasteiger partial charge >= 0.3 is 0 Å². The Balaban J connectivity index is 1.86. The van der Waals surface area contributed by atoms with Crippen molar-refractivity contribution in [3.8, 4) is 11.5 Å². The Bertz CT molecular complexity index is 953. The van der Waals surface area contributed by atoms with Gasteiger partial charge in [-0.15, -0.1) is 0 Å². The van der Waals surface area contributed by atoms with Crippen LogP contribution in [0.2, 0.25) is 0 Å². The summed E-state index contributed by atoms with van der Waals surface area (Å²) in [6, 6.07) is 5.26. The minimum Gasteiger partial charge on any atom is -0.454 e. The van der Waals surface area contributed by atoms with E-state index in [9.17, 15) is 19.8 Å². The summed E-state index contributed by atoms with van der Waals surface area (Å²) in [5.41, 5.74) is 0.819. The van der Waals surface area contributed by atoms with Crippen LogP contribution >= 0.6 is 0 Å². The molecule has 10 heteroatoms. The lowest BCUT2D eigenvalue weighted by Gasteiger charge is -2.38. The van der Waals surface area contributed by atoms with Crippen LogP contribution in [0.1, 0.15) is 45.6 Å². The second-order valence-electron chi connectivity index (χ2n) is 10.3. The second kappa shape index (κ2) is 14.5. The number of amides is 2. The molecule has 212 valence electrons. The molecule has 0 radical (unpaired) electrons. The molecule has 0 aliphatic carbocycles. The average molecular weight is 535 g/mol. The lowest BCUT2D eigenvalue weighted by molar-refractivity contribution is -0.140. The molecule has 4 atom stereocenters. The van der Waals surface area contributed by atoms with Crippen LogP contribution in [0.25, 0.3) is 6.08 Å². The third-order valence-corrected chi connectivity index (χ3v) is 6.86. The van der Waals surface area contributed by atoms with Crippen molar-refractivity contribution in [3.63, 3.8) is 0 Å². The molecular formula is C28H42N2O8. The normalized spacial score (nSPS) is 25.6. The standard InChI is InChI=1S/C28H42N2O8/c1-19(2)13-22-15-29(20(3)31)16-26(35-4)28(34)23(32)17-36-12-6-5-11-30(22)27(33)10-8-21-7-9-24-25(14-21)38-18-37-24/h7-10,14,19,22-23,26,28,32,34H,5-6,11-13,15-18H2,1-4H3/t22-,23+,26+,28+/m0/s1. The number of carbonyl (C=O) groups excluding carboxylic acids is 2.